The van der Waals surface area contributed by atoms with Crippen LogP contribution in [-0.4, -0.2) is 4.98 Å². The Morgan fingerprint density at radius 3 is 2.64 bits per heavy atom. The van der Waals surface area contributed by atoms with Crippen LogP contribution in [-0.2, 0) is 5.41 Å². The number of benzene rings is 1. The smallest absolute Gasteiger partial charge is 0.0707 e. The van der Waals surface area contributed by atoms with Gasteiger partial charge < -0.3 is 0 Å². The second kappa shape index (κ2) is 4.22. The number of fused-ring (bicyclic) bond motifs is 3. The topological polar surface area (TPSA) is 12.9 Å². The number of pyridine rings is 1. The summed E-state index contributed by atoms with van der Waals surface area (Å²) in [6.45, 7) is 11.6. The van der Waals surface area contributed by atoms with Crippen LogP contribution in [0.15, 0.2) is 30.5 Å². The minimum Gasteiger partial charge on any atom is -0.256 e. The molecule has 1 heterocycles. The van der Waals surface area contributed by atoms with Crippen LogP contribution >= 0.6 is 0 Å². The Morgan fingerprint density at radius 2 is 1.95 bits per heavy atom. The lowest BCUT2D eigenvalue weighted by molar-refractivity contribution is 0.407. The van der Waals surface area contributed by atoms with E-state index in [9.17, 15) is 0 Å². The Hall–Kier alpha value is -1.63. The van der Waals surface area contributed by atoms with Crippen molar-refractivity contribution < 1.29 is 0 Å². The minimum atomic E-state index is 0.372. The number of aryl methyl sites for hydroxylation is 2. The summed E-state index contributed by atoms with van der Waals surface area (Å²) in [5.41, 5.74) is 8.96. The van der Waals surface area contributed by atoms with Crippen LogP contribution in [0.2, 0.25) is 0 Å². The fourth-order valence-corrected chi connectivity index (χ4v) is 5.08. The van der Waals surface area contributed by atoms with E-state index < -0.39 is 0 Å². The van der Waals surface area contributed by atoms with E-state index in [0.29, 0.717) is 16.7 Å². The van der Waals surface area contributed by atoms with Gasteiger partial charge in [-0.1, -0.05) is 44.5 Å². The summed E-state index contributed by atoms with van der Waals surface area (Å²) < 4.78 is 0. The van der Waals surface area contributed by atoms with Crippen molar-refractivity contribution in [3.8, 4) is 11.3 Å². The second-order valence-corrected chi connectivity index (χ2v) is 7.86. The molecule has 1 heteroatoms. The first-order chi connectivity index (χ1) is 10.4. The van der Waals surface area contributed by atoms with Crippen LogP contribution in [0.1, 0.15) is 61.8 Å². The SMILES string of the molecule is CCC1c2cc(-c3ccc(C)cc3C)ncc2C2(C)CC12C. The Balaban J connectivity index is 1.85. The van der Waals surface area contributed by atoms with Crippen LogP contribution in [0, 0.1) is 19.3 Å². The zero-order valence-electron chi connectivity index (χ0n) is 14.3. The normalized spacial score (nSPS) is 31.8. The maximum Gasteiger partial charge on any atom is 0.0707 e. The van der Waals surface area contributed by atoms with E-state index in [1.807, 2.05) is 0 Å². The first kappa shape index (κ1) is 14.0. The molecule has 0 aliphatic heterocycles. The molecule has 0 amide bonds. The Labute approximate surface area is 133 Å². The van der Waals surface area contributed by atoms with Crippen molar-refractivity contribution >= 4 is 0 Å². The molecule has 0 radical (unpaired) electrons. The van der Waals surface area contributed by atoms with Crippen molar-refractivity contribution in [1.82, 2.24) is 4.98 Å². The van der Waals surface area contributed by atoms with Crippen LogP contribution < -0.4 is 0 Å². The highest BCUT2D eigenvalue weighted by Crippen LogP contribution is 2.76. The molecule has 1 saturated carbocycles. The largest absolute Gasteiger partial charge is 0.256 e. The highest BCUT2D eigenvalue weighted by atomic mass is 14.8. The Morgan fingerprint density at radius 1 is 1.18 bits per heavy atom. The standard InChI is InChI=1S/C21H25N/c1-6-17-16-10-19(15-8-7-13(2)9-14(15)3)22-11-18(16)21(5)12-20(17,21)4/h7-11,17H,6,12H2,1-5H3. The second-order valence-electron chi connectivity index (χ2n) is 7.86. The molecule has 0 N–H and O–H groups in total. The summed E-state index contributed by atoms with van der Waals surface area (Å²) in [5, 5.41) is 0. The molecular formula is C21H25N. The van der Waals surface area contributed by atoms with Crippen LogP contribution in [0.5, 0.6) is 0 Å². The fourth-order valence-electron chi connectivity index (χ4n) is 5.08. The molecule has 0 saturated heterocycles. The molecular weight excluding hydrogens is 266 g/mol. The lowest BCUT2D eigenvalue weighted by Gasteiger charge is -2.19. The summed E-state index contributed by atoms with van der Waals surface area (Å²) in [5.74, 6) is 0.694. The number of hydrogen-bond acceptors (Lipinski definition) is 1. The molecule has 3 unspecified atom stereocenters. The molecule has 22 heavy (non-hydrogen) atoms. The number of aromatic nitrogens is 1. The van der Waals surface area contributed by atoms with Crippen LogP contribution in [0.4, 0.5) is 0 Å². The van der Waals surface area contributed by atoms with Gasteiger partial charge >= 0.3 is 0 Å². The molecule has 1 nitrogen and oxygen atoms in total. The summed E-state index contributed by atoms with van der Waals surface area (Å²) in [6, 6.07) is 9.04. The van der Waals surface area contributed by atoms with Gasteiger partial charge in [0, 0.05) is 17.2 Å². The maximum atomic E-state index is 4.83. The third-order valence-electron chi connectivity index (χ3n) is 6.60. The molecule has 2 aliphatic rings. The van der Waals surface area contributed by atoms with Crippen molar-refractivity contribution in [3.05, 3.63) is 52.7 Å². The van der Waals surface area contributed by atoms with Crippen LogP contribution in [0.3, 0.4) is 0 Å². The zero-order chi connectivity index (χ0) is 15.7. The Bertz CT molecular complexity index is 775. The van der Waals surface area contributed by atoms with E-state index in [1.54, 1.807) is 5.56 Å². The predicted molar refractivity (Wildman–Crippen MR) is 92.3 cm³/mol. The molecule has 0 spiro atoms. The van der Waals surface area contributed by atoms with Gasteiger partial charge in [0.05, 0.1) is 5.69 Å². The fraction of sp³-hybridized carbons (Fsp3) is 0.476. The predicted octanol–water partition coefficient (Wildman–Crippen LogP) is 5.54. The molecule has 1 fully saturated rings. The molecule has 2 aliphatic carbocycles. The zero-order valence-corrected chi connectivity index (χ0v) is 14.3. The molecule has 3 atom stereocenters. The first-order valence-corrected chi connectivity index (χ1v) is 8.49. The van der Waals surface area contributed by atoms with E-state index in [4.69, 9.17) is 4.98 Å². The quantitative estimate of drug-likeness (QED) is 0.708. The highest BCUT2D eigenvalue weighted by molar-refractivity contribution is 5.67. The summed E-state index contributed by atoms with van der Waals surface area (Å²) in [4.78, 5) is 4.83. The molecule has 1 aromatic heterocycles. The van der Waals surface area contributed by atoms with Crippen molar-refractivity contribution in [2.75, 3.05) is 0 Å². The van der Waals surface area contributed by atoms with Crippen molar-refractivity contribution in [2.45, 2.75) is 58.8 Å². The van der Waals surface area contributed by atoms with E-state index in [1.165, 1.54) is 35.1 Å². The highest BCUT2D eigenvalue weighted by Gasteiger charge is 2.70. The Kier molecular flexibility index (Phi) is 2.68. The van der Waals surface area contributed by atoms with Gasteiger partial charge in [-0.05, 0) is 60.8 Å². The van der Waals surface area contributed by atoms with Crippen molar-refractivity contribution in [3.63, 3.8) is 0 Å². The number of rotatable bonds is 2. The van der Waals surface area contributed by atoms with Gasteiger partial charge in [0.25, 0.3) is 0 Å². The number of nitrogens with zero attached hydrogens (tertiary/aromatic N) is 1. The van der Waals surface area contributed by atoms with Crippen molar-refractivity contribution in [2.24, 2.45) is 5.41 Å². The molecule has 2 aromatic rings. The molecule has 114 valence electrons. The summed E-state index contributed by atoms with van der Waals surface area (Å²) in [6.07, 6.45) is 4.73. The average molecular weight is 291 g/mol. The van der Waals surface area contributed by atoms with Gasteiger partial charge in [0.15, 0.2) is 0 Å². The van der Waals surface area contributed by atoms with Crippen LogP contribution in [0.25, 0.3) is 11.3 Å². The van der Waals surface area contributed by atoms with Gasteiger partial charge in [0.1, 0.15) is 0 Å². The van der Waals surface area contributed by atoms with E-state index in [2.05, 4.69) is 65.1 Å². The van der Waals surface area contributed by atoms with Gasteiger partial charge in [-0.2, -0.15) is 0 Å². The van der Waals surface area contributed by atoms with Gasteiger partial charge in [-0.3, -0.25) is 4.98 Å². The van der Waals surface area contributed by atoms with Gasteiger partial charge in [-0.25, -0.2) is 0 Å². The van der Waals surface area contributed by atoms with Gasteiger partial charge in [0.2, 0.25) is 0 Å². The van der Waals surface area contributed by atoms with E-state index in [-0.39, 0.29) is 0 Å². The monoisotopic (exact) mass is 291 g/mol. The van der Waals surface area contributed by atoms with E-state index in [0.717, 1.165) is 5.69 Å². The van der Waals surface area contributed by atoms with Gasteiger partial charge in [-0.15, -0.1) is 0 Å². The lowest BCUT2D eigenvalue weighted by Crippen LogP contribution is -2.09. The first-order valence-electron chi connectivity index (χ1n) is 8.49. The van der Waals surface area contributed by atoms with E-state index >= 15 is 0 Å². The molecule has 1 aromatic carbocycles. The molecule has 4 rings (SSSR count). The summed E-state index contributed by atoms with van der Waals surface area (Å²) >= 11 is 0. The third kappa shape index (κ3) is 1.57. The minimum absolute atomic E-state index is 0.372. The summed E-state index contributed by atoms with van der Waals surface area (Å²) in [7, 11) is 0. The maximum absolute atomic E-state index is 4.83. The average Bonchev–Trinajstić information content (AvgIpc) is 2.97. The van der Waals surface area contributed by atoms with Crippen molar-refractivity contribution in [1.29, 1.82) is 0 Å². The lowest BCUT2D eigenvalue weighted by atomic mass is 9.85. The third-order valence-corrected chi connectivity index (χ3v) is 6.60. The number of hydrogen-bond donors (Lipinski definition) is 0. The molecule has 0 bridgehead atoms.